The molecule has 3 rings (SSSR count). The Balaban J connectivity index is 1.47. The number of aliphatic imine (C=N–C) groups is 2. The minimum Gasteiger partial charge on any atom is -0.288 e. The van der Waals surface area contributed by atoms with E-state index in [2.05, 4.69) is 35.0 Å². The molecule has 0 aromatic carbocycles. The van der Waals surface area contributed by atoms with Gasteiger partial charge in [0.05, 0.1) is 12.1 Å². The van der Waals surface area contributed by atoms with Crippen LogP contribution in [-0.2, 0) is 0 Å². The summed E-state index contributed by atoms with van der Waals surface area (Å²) in [4.78, 5) is 11.9. The first kappa shape index (κ1) is 13.7. The lowest BCUT2D eigenvalue weighted by Gasteiger charge is -2.23. The van der Waals surface area contributed by atoms with Gasteiger partial charge in [-0.15, -0.1) is 22.7 Å². The van der Waals surface area contributed by atoms with E-state index in [-0.39, 0.29) is 0 Å². The van der Waals surface area contributed by atoms with E-state index in [1.807, 2.05) is 12.4 Å². The third-order valence-corrected chi connectivity index (χ3v) is 5.19. The fourth-order valence-electron chi connectivity index (χ4n) is 2.44. The van der Waals surface area contributed by atoms with Crippen LogP contribution in [0.15, 0.2) is 45.0 Å². The first-order valence-electron chi connectivity index (χ1n) is 7.03. The topological polar surface area (TPSA) is 24.7 Å². The average Bonchev–Trinajstić information content (AvgIpc) is 3.17. The molecule has 1 saturated carbocycles. The van der Waals surface area contributed by atoms with Gasteiger partial charge in [-0.1, -0.05) is 12.1 Å². The average molecular weight is 302 g/mol. The van der Waals surface area contributed by atoms with Crippen LogP contribution in [0.1, 0.15) is 35.4 Å². The van der Waals surface area contributed by atoms with Crippen molar-refractivity contribution in [2.45, 2.75) is 37.8 Å². The molecule has 2 aromatic rings. The van der Waals surface area contributed by atoms with Gasteiger partial charge in [0, 0.05) is 22.2 Å². The summed E-state index contributed by atoms with van der Waals surface area (Å²) in [5.41, 5.74) is 0. The van der Waals surface area contributed by atoms with Crippen LogP contribution in [0.25, 0.3) is 0 Å². The second-order valence-electron chi connectivity index (χ2n) is 5.05. The molecular weight excluding hydrogens is 284 g/mol. The molecule has 1 fully saturated rings. The minimum absolute atomic E-state index is 0.491. The van der Waals surface area contributed by atoms with Gasteiger partial charge >= 0.3 is 0 Å². The van der Waals surface area contributed by atoms with Crippen LogP contribution < -0.4 is 0 Å². The Morgan fingerprint density at radius 3 is 1.60 bits per heavy atom. The molecule has 0 bridgehead atoms. The molecule has 0 unspecified atom stereocenters. The first-order chi connectivity index (χ1) is 9.90. The molecule has 0 saturated heterocycles. The molecule has 20 heavy (non-hydrogen) atoms. The number of nitrogens with zero attached hydrogens (tertiary/aromatic N) is 2. The molecule has 0 spiro atoms. The summed E-state index contributed by atoms with van der Waals surface area (Å²) in [5, 5.41) is 4.19. The van der Waals surface area contributed by atoms with Crippen LogP contribution in [0.3, 0.4) is 0 Å². The van der Waals surface area contributed by atoms with Crippen molar-refractivity contribution in [1.29, 1.82) is 0 Å². The molecule has 104 valence electrons. The van der Waals surface area contributed by atoms with Crippen molar-refractivity contribution in [3.63, 3.8) is 0 Å². The van der Waals surface area contributed by atoms with E-state index in [0.717, 1.165) is 25.7 Å². The fraction of sp³-hybridized carbons (Fsp3) is 0.375. The lowest BCUT2D eigenvalue weighted by atomic mass is 9.92. The molecule has 0 amide bonds. The van der Waals surface area contributed by atoms with E-state index in [1.54, 1.807) is 22.7 Å². The van der Waals surface area contributed by atoms with E-state index >= 15 is 0 Å². The standard InChI is InChI=1S/C16H18N2S2/c1-3-15(19-9-1)11-17-13-5-7-14(8-6-13)18-12-16-4-2-10-20-16/h1-4,9-14H,5-8H2. The molecule has 2 aromatic heterocycles. The van der Waals surface area contributed by atoms with Crippen LogP contribution in [0.5, 0.6) is 0 Å². The molecule has 4 heteroatoms. The Kier molecular flexibility index (Phi) is 4.77. The van der Waals surface area contributed by atoms with Gasteiger partial charge in [-0.3, -0.25) is 9.98 Å². The lowest BCUT2D eigenvalue weighted by molar-refractivity contribution is 0.399. The van der Waals surface area contributed by atoms with E-state index < -0.39 is 0 Å². The Bertz CT molecular complexity index is 495. The predicted octanol–water partition coefficient (Wildman–Crippen LogP) is 4.66. The Labute approximate surface area is 127 Å². The largest absolute Gasteiger partial charge is 0.288 e. The quantitative estimate of drug-likeness (QED) is 0.734. The summed E-state index contributed by atoms with van der Waals surface area (Å²) in [6.45, 7) is 0. The molecule has 1 aliphatic rings. The van der Waals surface area contributed by atoms with Crippen molar-refractivity contribution in [3.8, 4) is 0 Å². The van der Waals surface area contributed by atoms with Gasteiger partial charge < -0.3 is 0 Å². The van der Waals surface area contributed by atoms with E-state index in [9.17, 15) is 0 Å². The number of thiophene rings is 2. The van der Waals surface area contributed by atoms with Gasteiger partial charge in [-0.05, 0) is 48.6 Å². The van der Waals surface area contributed by atoms with Gasteiger partial charge in [0.25, 0.3) is 0 Å². The van der Waals surface area contributed by atoms with Crippen molar-refractivity contribution >= 4 is 35.1 Å². The molecule has 0 atom stereocenters. The maximum Gasteiger partial charge on any atom is 0.0501 e. The predicted molar refractivity (Wildman–Crippen MR) is 89.9 cm³/mol. The number of hydrogen-bond donors (Lipinski definition) is 0. The minimum atomic E-state index is 0.491. The Morgan fingerprint density at radius 2 is 1.25 bits per heavy atom. The zero-order valence-electron chi connectivity index (χ0n) is 11.3. The third kappa shape index (κ3) is 3.87. The highest BCUT2D eigenvalue weighted by atomic mass is 32.1. The monoisotopic (exact) mass is 302 g/mol. The Morgan fingerprint density at radius 1 is 0.800 bits per heavy atom. The maximum atomic E-state index is 4.71. The summed E-state index contributed by atoms with van der Waals surface area (Å²) in [7, 11) is 0. The molecule has 2 nitrogen and oxygen atoms in total. The SMILES string of the molecule is C(=NC1CCC(N=Cc2cccs2)CC1)c1cccs1. The van der Waals surface area contributed by atoms with Crippen molar-refractivity contribution in [2.75, 3.05) is 0 Å². The Hall–Kier alpha value is -1.26. The van der Waals surface area contributed by atoms with Gasteiger partial charge in [0.2, 0.25) is 0 Å². The number of hydrogen-bond acceptors (Lipinski definition) is 4. The molecule has 2 heterocycles. The smallest absolute Gasteiger partial charge is 0.0501 e. The van der Waals surface area contributed by atoms with Crippen molar-refractivity contribution in [2.24, 2.45) is 9.98 Å². The maximum absolute atomic E-state index is 4.71. The molecule has 0 aliphatic heterocycles. The van der Waals surface area contributed by atoms with Crippen LogP contribution in [0, 0.1) is 0 Å². The summed E-state index contributed by atoms with van der Waals surface area (Å²) in [6, 6.07) is 9.36. The van der Waals surface area contributed by atoms with Gasteiger partial charge in [-0.25, -0.2) is 0 Å². The van der Waals surface area contributed by atoms with Gasteiger partial charge in [0.1, 0.15) is 0 Å². The van der Waals surface area contributed by atoms with Gasteiger partial charge in [0.15, 0.2) is 0 Å². The van der Waals surface area contributed by atoms with E-state index in [4.69, 9.17) is 9.98 Å². The fourth-order valence-corrected chi connectivity index (χ4v) is 3.63. The van der Waals surface area contributed by atoms with Crippen LogP contribution in [0.2, 0.25) is 0 Å². The second-order valence-corrected chi connectivity index (χ2v) is 7.01. The van der Waals surface area contributed by atoms with E-state index in [1.165, 1.54) is 9.75 Å². The van der Waals surface area contributed by atoms with Crippen molar-refractivity contribution in [3.05, 3.63) is 44.8 Å². The zero-order valence-corrected chi connectivity index (χ0v) is 12.9. The van der Waals surface area contributed by atoms with Crippen LogP contribution in [0.4, 0.5) is 0 Å². The summed E-state index contributed by atoms with van der Waals surface area (Å²) in [6.07, 6.45) is 8.71. The van der Waals surface area contributed by atoms with E-state index in [0.29, 0.717) is 12.1 Å². The second kappa shape index (κ2) is 6.95. The first-order valence-corrected chi connectivity index (χ1v) is 8.79. The van der Waals surface area contributed by atoms with Crippen LogP contribution in [-0.4, -0.2) is 24.5 Å². The van der Waals surface area contributed by atoms with Crippen LogP contribution >= 0.6 is 22.7 Å². The number of rotatable bonds is 4. The summed E-state index contributed by atoms with van der Waals surface area (Å²) in [5.74, 6) is 0. The normalized spacial score (nSPS) is 23.8. The van der Waals surface area contributed by atoms with Gasteiger partial charge in [-0.2, -0.15) is 0 Å². The molecule has 1 aliphatic carbocycles. The van der Waals surface area contributed by atoms with Crippen molar-refractivity contribution in [1.82, 2.24) is 0 Å². The third-order valence-electron chi connectivity index (χ3n) is 3.58. The highest BCUT2D eigenvalue weighted by Crippen LogP contribution is 2.24. The molecule has 0 N–H and O–H groups in total. The molecular formula is C16H18N2S2. The summed E-state index contributed by atoms with van der Waals surface area (Å²) >= 11 is 3.49. The lowest BCUT2D eigenvalue weighted by Crippen LogP contribution is -2.19. The molecule has 0 radical (unpaired) electrons. The highest BCUT2D eigenvalue weighted by Gasteiger charge is 2.19. The summed E-state index contributed by atoms with van der Waals surface area (Å²) < 4.78 is 0. The highest BCUT2D eigenvalue weighted by molar-refractivity contribution is 7.12. The van der Waals surface area contributed by atoms with Crippen molar-refractivity contribution < 1.29 is 0 Å². The zero-order chi connectivity index (χ0) is 13.6.